The lowest BCUT2D eigenvalue weighted by atomic mass is 10.0. The highest BCUT2D eigenvalue weighted by atomic mass is 19.1. The third-order valence-electron chi connectivity index (χ3n) is 3.31. The molecule has 21 heavy (non-hydrogen) atoms. The zero-order valence-corrected chi connectivity index (χ0v) is 12.7. The maximum atomic E-state index is 13.0. The molecule has 0 aromatic heterocycles. The van der Waals surface area contributed by atoms with E-state index >= 15 is 0 Å². The highest BCUT2D eigenvalue weighted by molar-refractivity contribution is 5.73. The molecule has 0 aliphatic heterocycles. The molecule has 0 saturated carbocycles. The van der Waals surface area contributed by atoms with E-state index in [1.807, 2.05) is 19.9 Å². The van der Waals surface area contributed by atoms with Crippen LogP contribution in [-0.4, -0.2) is 30.3 Å². The molecule has 5 heteroatoms. The van der Waals surface area contributed by atoms with Gasteiger partial charge in [0.2, 0.25) is 0 Å². The SMILES string of the molecule is CC(C)C(O)CCNC(=O)NCCCc1cccc(F)c1. The topological polar surface area (TPSA) is 61.4 Å². The number of aliphatic hydroxyl groups is 1. The van der Waals surface area contributed by atoms with Crippen molar-refractivity contribution >= 4 is 6.03 Å². The Balaban J connectivity index is 2.08. The van der Waals surface area contributed by atoms with E-state index in [1.54, 1.807) is 6.07 Å². The molecular formula is C16H25FN2O2. The van der Waals surface area contributed by atoms with Crippen LogP contribution in [0.2, 0.25) is 0 Å². The molecule has 1 aromatic carbocycles. The Hall–Kier alpha value is -1.62. The number of benzene rings is 1. The van der Waals surface area contributed by atoms with Gasteiger partial charge in [0.15, 0.2) is 0 Å². The van der Waals surface area contributed by atoms with Crippen LogP contribution in [0.4, 0.5) is 9.18 Å². The molecule has 0 aliphatic rings. The molecule has 1 rings (SSSR count). The van der Waals surface area contributed by atoms with Crippen LogP contribution in [0.15, 0.2) is 24.3 Å². The molecule has 0 bridgehead atoms. The molecule has 0 fully saturated rings. The fourth-order valence-corrected chi connectivity index (χ4v) is 1.92. The average molecular weight is 296 g/mol. The second-order valence-electron chi connectivity index (χ2n) is 5.52. The number of hydrogen-bond acceptors (Lipinski definition) is 2. The molecule has 0 radical (unpaired) electrons. The highest BCUT2D eigenvalue weighted by Crippen LogP contribution is 2.06. The van der Waals surface area contributed by atoms with Gasteiger partial charge in [-0.25, -0.2) is 9.18 Å². The summed E-state index contributed by atoms with van der Waals surface area (Å²) in [6.07, 6.45) is 1.64. The van der Waals surface area contributed by atoms with Crippen LogP contribution in [0.25, 0.3) is 0 Å². The number of urea groups is 1. The first-order valence-electron chi connectivity index (χ1n) is 7.43. The lowest BCUT2D eigenvalue weighted by Gasteiger charge is -2.14. The first kappa shape index (κ1) is 17.4. The van der Waals surface area contributed by atoms with Gasteiger partial charge in [0.05, 0.1) is 6.10 Å². The van der Waals surface area contributed by atoms with E-state index in [9.17, 15) is 14.3 Å². The summed E-state index contributed by atoms with van der Waals surface area (Å²) in [5.74, 6) is -0.0389. The summed E-state index contributed by atoms with van der Waals surface area (Å²) in [5.41, 5.74) is 0.928. The van der Waals surface area contributed by atoms with E-state index in [4.69, 9.17) is 0 Å². The van der Waals surface area contributed by atoms with Gasteiger partial charge < -0.3 is 15.7 Å². The number of amides is 2. The second-order valence-corrected chi connectivity index (χ2v) is 5.52. The Morgan fingerprint density at radius 2 is 2.00 bits per heavy atom. The summed E-state index contributed by atoms with van der Waals surface area (Å²) in [4.78, 5) is 11.5. The van der Waals surface area contributed by atoms with Crippen molar-refractivity contribution in [3.8, 4) is 0 Å². The molecule has 0 saturated heterocycles. The van der Waals surface area contributed by atoms with Gasteiger partial charge in [-0.05, 0) is 42.9 Å². The maximum absolute atomic E-state index is 13.0. The second kappa shape index (κ2) is 9.34. The molecule has 0 spiro atoms. The van der Waals surface area contributed by atoms with Gasteiger partial charge in [0.25, 0.3) is 0 Å². The minimum Gasteiger partial charge on any atom is -0.393 e. The van der Waals surface area contributed by atoms with Gasteiger partial charge in [-0.1, -0.05) is 26.0 Å². The number of rotatable bonds is 8. The van der Waals surface area contributed by atoms with Crippen LogP contribution < -0.4 is 10.6 Å². The van der Waals surface area contributed by atoms with E-state index in [0.717, 1.165) is 18.4 Å². The van der Waals surface area contributed by atoms with Crippen molar-refractivity contribution in [3.05, 3.63) is 35.6 Å². The smallest absolute Gasteiger partial charge is 0.314 e. The van der Waals surface area contributed by atoms with Crippen molar-refractivity contribution in [2.24, 2.45) is 5.92 Å². The number of halogens is 1. The minimum atomic E-state index is -0.390. The van der Waals surface area contributed by atoms with Crippen molar-refractivity contribution in [1.29, 1.82) is 0 Å². The zero-order chi connectivity index (χ0) is 15.7. The molecule has 0 heterocycles. The van der Waals surface area contributed by atoms with Crippen LogP contribution in [0.5, 0.6) is 0 Å². The van der Waals surface area contributed by atoms with Crippen LogP contribution in [0.1, 0.15) is 32.3 Å². The van der Waals surface area contributed by atoms with Gasteiger partial charge >= 0.3 is 6.03 Å². The fraction of sp³-hybridized carbons (Fsp3) is 0.562. The van der Waals surface area contributed by atoms with Gasteiger partial charge in [0.1, 0.15) is 5.82 Å². The Morgan fingerprint density at radius 3 is 2.67 bits per heavy atom. The quantitative estimate of drug-likeness (QED) is 0.645. The minimum absolute atomic E-state index is 0.195. The van der Waals surface area contributed by atoms with Crippen molar-refractivity contribution in [1.82, 2.24) is 10.6 Å². The number of aliphatic hydroxyl groups excluding tert-OH is 1. The highest BCUT2D eigenvalue weighted by Gasteiger charge is 2.09. The Morgan fingerprint density at radius 1 is 1.29 bits per heavy atom. The third kappa shape index (κ3) is 7.66. The Labute approximate surface area is 125 Å². The molecular weight excluding hydrogens is 271 g/mol. The van der Waals surface area contributed by atoms with Crippen molar-refractivity contribution in [2.75, 3.05) is 13.1 Å². The largest absolute Gasteiger partial charge is 0.393 e. The summed E-state index contributed by atoms with van der Waals surface area (Å²) in [6, 6.07) is 6.25. The molecule has 4 nitrogen and oxygen atoms in total. The fourth-order valence-electron chi connectivity index (χ4n) is 1.92. The van der Waals surface area contributed by atoms with E-state index < -0.39 is 6.10 Å². The van der Waals surface area contributed by atoms with Crippen molar-refractivity contribution < 1.29 is 14.3 Å². The number of nitrogens with one attached hydrogen (secondary N) is 2. The first-order chi connectivity index (χ1) is 9.99. The number of carbonyl (C=O) groups excluding carboxylic acids is 1. The van der Waals surface area contributed by atoms with Crippen LogP contribution >= 0.6 is 0 Å². The Kier molecular flexibility index (Phi) is 7.75. The summed E-state index contributed by atoms with van der Waals surface area (Å²) >= 11 is 0. The van der Waals surface area contributed by atoms with E-state index in [1.165, 1.54) is 12.1 Å². The summed E-state index contributed by atoms with van der Waals surface area (Å²) in [5, 5.41) is 15.1. The van der Waals surface area contributed by atoms with Gasteiger partial charge in [0, 0.05) is 13.1 Å². The summed E-state index contributed by atoms with van der Waals surface area (Å²) in [6.45, 7) is 4.87. The Bertz CT molecular complexity index is 438. The first-order valence-corrected chi connectivity index (χ1v) is 7.43. The van der Waals surface area contributed by atoms with E-state index in [2.05, 4.69) is 10.6 Å². The molecule has 1 unspecified atom stereocenters. The molecule has 2 amide bonds. The maximum Gasteiger partial charge on any atom is 0.314 e. The lowest BCUT2D eigenvalue weighted by molar-refractivity contribution is 0.116. The number of carbonyl (C=O) groups is 1. The zero-order valence-electron chi connectivity index (χ0n) is 12.7. The monoisotopic (exact) mass is 296 g/mol. The van der Waals surface area contributed by atoms with E-state index in [-0.39, 0.29) is 17.8 Å². The molecule has 1 atom stereocenters. The number of aryl methyl sites for hydroxylation is 1. The van der Waals surface area contributed by atoms with Crippen molar-refractivity contribution in [2.45, 2.75) is 39.2 Å². The predicted octanol–water partition coefficient (Wildman–Crippen LogP) is 2.46. The summed E-state index contributed by atoms with van der Waals surface area (Å²) < 4.78 is 13.0. The van der Waals surface area contributed by atoms with Crippen LogP contribution in [0, 0.1) is 11.7 Å². The normalized spacial score (nSPS) is 12.2. The van der Waals surface area contributed by atoms with E-state index in [0.29, 0.717) is 19.5 Å². The van der Waals surface area contributed by atoms with Gasteiger partial charge in [-0.3, -0.25) is 0 Å². The van der Waals surface area contributed by atoms with Gasteiger partial charge in [-0.15, -0.1) is 0 Å². The lowest BCUT2D eigenvalue weighted by Crippen LogP contribution is -2.37. The molecule has 3 N–H and O–H groups in total. The molecule has 0 aliphatic carbocycles. The average Bonchev–Trinajstić information content (AvgIpc) is 2.43. The third-order valence-corrected chi connectivity index (χ3v) is 3.31. The number of hydrogen-bond donors (Lipinski definition) is 3. The molecule has 1 aromatic rings. The summed E-state index contributed by atoms with van der Waals surface area (Å²) in [7, 11) is 0. The van der Waals surface area contributed by atoms with Crippen LogP contribution in [0.3, 0.4) is 0 Å². The predicted molar refractivity (Wildman–Crippen MR) is 81.6 cm³/mol. The van der Waals surface area contributed by atoms with Crippen LogP contribution in [-0.2, 0) is 6.42 Å². The van der Waals surface area contributed by atoms with Gasteiger partial charge in [-0.2, -0.15) is 0 Å². The van der Waals surface area contributed by atoms with Crippen molar-refractivity contribution in [3.63, 3.8) is 0 Å². The standard InChI is InChI=1S/C16H25FN2O2/c1-12(2)15(20)8-10-19-16(21)18-9-4-6-13-5-3-7-14(17)11-13/h3,5,7,11-12,15,20H,4,6,8-10H2,1-2H3,(H2,18,19,21). The molecule has 118 valence electrons.